The highest BCUT2D eigenvalue weighted by Crippen LogP contribution is 2.21. The monoisotopic (exact) mass is 293 g/mol. The molecule has 1 N–H and O–H groups in total. The second-order valence-electron chi connectivity index (χ2n) is 5.98. The molecule has 2 aliphatic heterocycles. The van der Waals surface area contributed by atoms with Gasteiger partial charge >= 0.3 is 0 Å². The van der Waals surface area contributed by atoms with Gasteiger partial charge in [-0.3, -0.25) is 14.4 Å². The van der Waals surface area contributed by atoms with Gasteiger partial charge in [0, 0.05) is 26.2 Å². The third kappa shape index (κ3) is 3.59. The SMILES string of the molecule is Cn1cc(C(=O)NCC2CCN([C@@H]3CCOC3)CC2)nn1. The van der Waals surface area contributed by atoms with E-state index >= 15 is 0 Å². The number of aromatic nitrogens is 3. The average molecular weight is 293 g/mol. The maximum absolute atomic E-state index is 11.9. The number of piperidine rings is 1. The van der Waals surface area contributed by atoms with Crippen LogP contribution in [-0.2, 0) is 11.8 Å². The summed E-state index contributed by atoms with van der Waals surface area (Å²) in [4.78, 5) is 14.5. The number of amides is 1. The summed E-state index contributed by atoms with van der Waals surface area (Å²) in [7, 11) is 1.76. The number of hydrogen-bond donors (Lipinski definition) is 1. The lowest BCUT2D eigenvalue weighted by atomic mass is 9.95. The van der Waals surface area contributed by atoms with Crippen molar-refractivity contribution < 1.29 is 9.53 Å². The van der Waals surface area contributed by atoms with Crippen LogP contribution in [0, 0.1) is 5.92 Å². The van der Waals surface area contributed by atoms with Crippen molar-refractivity contribution in [2.45, 2.75) is 25.3 Å². The molecule has 3 heterocycles. The molecule has 3 rings (SSSR count). The summed E-state index contributed by atoms with van der Waals surface area (Å²) in [5, 5.41) is 10.6. The molecule has 7 nitrogen and oxygen atoms in total. The Morgan fingerprint density at radius 3 is 2.86 bits per heavy atom. The van der Waals surface area contributed by atoms with Crippen molar-refractivity contribution >= 4 is 5.91 Å². The molecule has 2 fully saturated rings. The molecule has 116 valence electrons. The predicted octanol–water partition coefficient (Wildman–Crippen LogP) is 0.0458. The molecule has 0 unspecified atom stereocenters. The number of likely N-dealkylation sites (tertiary alicyclic amines) is 1. The Morgan fingerprint density at radius 2 is 2.24 bits per heavy atom. The van der Waals surface area contributed by atoms with Crippen molar-refractivity contribution in [3.63, 3.8) is 0 Å². The van der Waals surface area contributed by atoms with Gasteiger partial charge < -0.3 is 10.1 Å². The second-order valence-corrected chi connectivity index (χ2v) is 5.98. The van der Waals surface area contributed by atoms with E-state index in [1.807, 2.05) is 0 Å². The lowest BCUT2D eigenvalue weighted by Gasteiger charge is -2.35. The van der Waals surface area contributed by atoms with Crippen LogP contribution in [0.3, 0.4) is 0 Å². The van der Waals surface area contributed by atoms with Gasteiger partial charge in [-0.1, -0.05) is 5.21 Å². The lowest BCUT2D eigenvalue weighted by molar-refractivity contribution is 0.0906. The van der Waals surface area contributed by atoms with Crippen LogP contribution in [0.25, 0.3) is 0 Å². The molecule has 0 radical (unpaired) electrons. The van der Waals surface area contributed by atoms with Crippen molar-refractivity contribution in [2.75, 3.05) is 32.8 Å². The van der Waals surface area contributed by atoms with Crippen molar-refractivity contribution in [1.82, 2.24) is 25.2 Å². The van der Waals surface area contributed by atoms with Crippen molar-refractivity contribution in [1.29, 1.82) is 0 Å². The maximum atomic E-state index is 11.9. The number of hydrogen-bond acceptors (Lipinski definition) is 5. The van der Waals surface area contributed by atoms with Crippen LogP contribution < -0.4 is 5.32 Å². The van der Waals surface area contributed by atoms with Crippen LogP contribution in [0.4, 0.5) is 0 Å². The zero-order valence-electron chi connectivity index (χ0n) is 12.5. The van der Waals surface area contributed by atoms with Gasteiger partial charge in [-0.05, 0) is 38.3 Å². The van der Waals surface area contributed by atoms with Crippen LogP contribution in [0.5, 0.6) is 0 Å². The zero-order valence-corrected chi connectivity index (χ0v) is 12.5. The van der Waals surface area contributed by atoms with E-state index in [-0.39, 0.29) is 5.91 Å². The third-order valence-corrected chi connectivity index (χ3v) is 4.46. The third-order valence-electron chi connectivity index (χ3n) is 4.46. The van der Waals surface area contributed by atoms with Crippen molar-refractivity contribution in [2.24, 2.45) is 13.0 Å². The highest BCUT2D eigenvalue weighted by Gasteiger charge is 2.27. The quantitative estimate of drug-likeness (QED) is 0.849. The molecule has 0 saturated carbocycles. The van der Waals surface area contributed by atoms with E-state index in [1.165, 1.54) is 4.68 Å². The first-order chi connectivity index (χ1) is 10.2. The van der Waals surface area contributed by atoms with Gasteiger partial charge in [0.25, 0.3) is 5.91 Å². The summed E-state index contributed by atoms with van der Waals surface area (Å²) < 4.78 is 6.99. The highest BCUT2D eigenvalue weighted by atomic mass is 16.5. The number of rotatable bonds is 4. The summed E-state index contributed by atoms with van der Waals surface area (Å²) in [6.45, 7) is 4.73. The van der Waals surface area contributed by atoms with Crippen molar-refractivity contribution in [3.8, 4) is 0 Å². The first kappa shape index (κ1) is 14.5. The Balaban J connectivity index is 1.40. The van der Waals surface area contributed by atoms with Gasteiger partial charge in [0.15, 0.2) is 5.69 Å². The highest BCUT2D eigenvalue weighted by molar-refractivity contribution is 5.91. The minimum atomic E-state index is -0.130. The molecule has 7 heteroatoms. The Morgan fingerprint density at radius 1 is 1.43 bits per heavy atom. The van der Waals surface area contributed by atoms with Gasteiger partial charge in [0.2, 0.25) is 0 Å². The molecule has 0 spiro atoms. The Hall–Kier alpha value is -1.47. The smallest absolute Gasteiger partial charge is 0.273 e. The fourth-order valence-corrected chi connectivity index (χ4v) is 3.11. The molecule has 1 aromatic rings. The molecule has 0 aliphatic carbocycles. The van der Waals surface area contributed by atoms with Gasteiger partial charge in [-0.15, -0.1) is 5.10 Å². The van der Waals surface area contributed by atoms with E-state index < -0.39 is 0 Å². The Labute approximate surface area is 124 Å². The van der Waals surface area contributed by atoms with Crippen LogP contribution in [0.1, 0.15) is 29.8 Å². The van der Waals surface area contributed by atoms with E-state index in [4.69, 9.17) is 4.74 Å². The average Bonchev–Trinajstić information content (AvgIpc) is 3.16. The molecule has 1 aromatic heterocycles. The van der Waals surface area contributed by atoms with E-state index in [0.717, 1.165) is 52.1 Å². The van der Waals surface area contributed by atoms with E-state index in [9.17, 15) is 4.79 Å². The Kier molecular flexibility index (Phi) is 4.50. The van der Waals surface area contributed by atoms with Gasteiger partial charge in [0.1, 0.15) is 0 Å². The number of nitrogens with zero attached hydrogens (tertiary/aromatic N) is 4. The van der Waals surface area contributed by atoms with Gasteiger partial charge in [-0.2, -0.15) is 0 Å². The summed E-state index contributed by atoms with van der Waals surface area (Å²) in [6, 6.07) is 0.611. The standard InChI is InChI=1S/C14H23N5O2/c1-18-9-13(16-17-18)14(20)15-8-11-2-5-19(6-3-11)12-4-7-21-10-12/h9,11-12H,2-8,10H2,1H3,(H,15,20)/t12-/m1/s1. The molecule has 1 amide bonds. The molecule has 0 bridgehead atoms. The number of ether oxygens (including phenoxy) is 1. The minimum absolute atomic E-state index is 0.130. The normalized spacial score (nSPS) is 24.3. The van der Waals surface area contributed by atoms with E-state index in [0.29, 0.717) is 17.7 Å². The van der Waals surface area contributed by atoms with Crippen LogP contribution in [-0.4, -0.2) is 64.7 Å². The first-order valence-corrected chi connectivity index (χ1v) is 7.68. The zero-order chi connectivity index (χ0) is 14.7. The Bertz CT molecular complexity index is 475. The summed E-state index contributed by atoms with van der Waals surface area (Å²) in [5.41, 5.74) is 0.387. The summed E-state index contributed by atoms with van der Waals surface area (Å²) >= 11 is 0. The number of carbonyl (C=O) groups is 1. The van der Waals surface area contributed by atoms with Gasteiger partial charge in [0.05, 0.1) is 12.8 Å². The number of aryl methyl sites for hydroxylation is 1. The summed E-state index contributed by atoms with van der Waals surface area (Å²) in [5.74, 6) is 0.430. The lowest BCUT2D eigenvalue weighted by Crippen LogP contribution is -2.44. The minimum Gasteiger partial charge on any atom is -0.380 e. The largest absolute Gasteiger partial charge is 0.380 e. The second kappa shape index (κ2) is 6.53. The van der Waals surface area contributed by atoms with Gasteiger partial charge in [-0.25, -0.2) is 0 Å². The molecule has 21 heavy (non-hydrogen) atoms. The van der Waals surface area contributed by atoms with Crippen LogP contribution >= 0.6 is 0 Å². The van der Waals surface area contributed by atoms with E-state index in [1.54, 1.807) is 13.2 Å². The van der Waals surface area contributed by atoms with E-state index in [2.05, 4.69) is 20.5 Å². The molecular weight excluding hydrogens is 270 g/mol. The van der Waals surface area contributed by atoms with Crippen LogP contribution in [0.15, 0.2) is 6.20 Å². The molecular formula is C14H23N5O2. The number of nitrogens with one attached hydrogen (secondary N) is 1. The first-order valence-electron chi connectivity index (χ1n) is 7.68. The summed E-state index contributed by atoms with van der Waals surface area (Å²) in [6.07, 6.45) is 5.07. The maximum Gasteiger partial charge on any atom is 0.273 e. The molecule has 0 aromatic carbocycles. The predicted molar refractivity (Wildman–Crippen MR) is 76.9 cm³/mol. The topological polar surface area (TPSA) is 72.3 Å². The van der Waals surface area contributed by atoms with Crippen molar-refractivity contribution in [3.05, 3.63) is 11.9 Å². The number of carbonyl (C=O) groups excluding carboxylic acids is 1. The molecule has 2 saturated heterocycles. The van der Waals surface area contributed by atoms with Crippen LogP contribution in [0.2, 0.25) is 0 Å². The molecule has 2 aliphatic rings. The molecule has 1 atom stereocenters. The fourth-order valence-electron chi connectivity index (χ4n) is 3.11. The fraction of sp³-hybridized carbons (Fsp3) is 0.786.